The van der Waals surface area contributed by atoms with Crippen LogP contribution in [0, 0.1) is 0 Å². The number of nitrogens with zero attached hydrogens (tertiary/aromatic N) is 2. The van der Waals surface area contributed by atoms with E-state index in [1.807, 2.05) is 25.1 Å². The number of benzene rings is 3. The van der Waals surface area contributed by atoms with Crippen LogP contribution in [-0.2, 0) is 10.3 Å². The summed E-state index contributed by atoms with van der Waals surface area (Å²) in [6, 6.07) is 22.8. The van der Waals surface area contributed by atoms with E-state index < -0.39 is 28.9 Å². The second-order valence-corrected chi connectivity index (χ2v) is 8.75. The van der Waals surface area contributed by atoms with Gasteiger partial charge in [0.25, 0.3) is 11.8 Å². The van der Waals surface area contributed by atoms with Crippen LogP contribution in [0.15, 0.2) is 88.1 Å². The Hall–Kier alpha value is -4.23. The van der Waals surface area contributed by atoms with Crippen molar-refractivity contribution in [3.05, 3.63) is 112 Å². The van der Waals surface area contributed by atoms with Crippen molar-refractivity contribution >= 4 is 28.5 Å². The third-order valence-electron chi connectivity index (χ3n) is 7.00. The van der Waals surface area contributed by atoms with E-state index in [-0.39, 0.29) is 23.5 Å². The third-order valence-corrected chi connectivity index (χ3v) is 7.00. The molecular formula is C28H22N2O5. The van der Waals surface area contributed by atoms with Gasteiger partial charge in [-0.1, -0.05) is 60.7 Å². The van der Waals surface area contributed by atoms with Crippen LogP contribution < -0.4 is 10.3 Å². The summed E-state index contributed by atoms with van der Waals surface area (Å²) < 4.78 is 5.99. The van der Waals surface area contributed by atoms with Crippen molar-refractivity contribution in [2.24, 2.45) is 0 Å². The predicted octanol–water partition coefficient (Wildman–Crippen LogP) is 3.59. The molecule has 0 saturated heterocycles. The first-order valence-electron chi connectivity index (χ1n) is 11.5. The first kappa shape index (κ1) is 21.3. The Labute approximate surface area is 200 Å². The Kier molecular flexibility index (Phi) is 4.66. The molecule has 35 heavy (non-hydrogen) atoms. The van der Waals surface area contributed by atoms with Gasteiger partial charge in [0.2, 0.25) is 5.76 Å². The van der Waals surface area contributed by atoms with Crippen molar-refractivity contribution in [3.8, 4) is 0 Å². The van der Waals surface area contributed by atoms with E-state index in [2.05, 4.69) is 0 Å². The van der Waals surface area contributed by atoms with Gasteiger partial charge >= 0.3 is 0 Å². The highest BCUT2D eigenvalue weighted by Crippen LogP contribution is 2.52. The summed E-state index contributed by atoms with van der Waals surface area (Å²) in [5.41, 5.74) is -0.102. The van der Waals surface area contributed by atoms with Gasteiger partial charge in [-0.05, 0) is 30.7 Å². The molecule has 0 bridgehead atoms. The van der Waals surface area contributed by atoms with Crippen molar-refractivity contribution in [2.75, 3.05) is 18.0 Å². The number of β-amino-alcohol motifs (C(OH)–C–C–N with tert-alkyl or cyclic N) is 1. The molecule has 1 spiro atoms. The van der Waals surface area contributed by atoms with Crippen molar-refractivity contribution < 1.29 is 19.1 Å². The number of anilines is 1. The topological polar surface area (TPSA) is 91.1 Å². The van der Waals surface area contributed by atoms with Crippen LogP contribution >= 0.6 is 0 Å². The smallest absolute Gasteiger partial charge is 0.291 e. The highest BCUT2D eigenvalue weighted by atomic mass is 16.3. The number of carbonyl (C=O) groups is 2. The van der Waals surface area contributed by atoms with Crippen molar-refractivity contribution in [1.29, 1.82) is 0 Å². The molecule has 2 unspecified atom stereocenters. The van der Waals surface area contributed by atoms with Gasteiger partial charge in [-0.25, -0.2) is 0 Å². The number of hydrogen-bond acceptors (Lipinski definition) is 5. The minimum atomic E-state index is -1.72. The number of carbonyl (C=O) groups excluding carboxylic acids is 2. The lowest BCUT2D eigenvalue weighted by Gasteiger charge is -2.35. The predicted molar refractivity (Wildman–Crippen MR) is 130 cm³/mol. The summed E-state index contributed by atoms with van der Waals surface area (Å²) in [6.07, 6.45) is -1.08. The highest BCUT2D eigenvalue weighted by Gasteiger charge is 2.65. The van der Waals surface area contributed by atoms with Gasteiger partial charge in [-0.15, -0.1) is 0 Å². The molecule has 0 fully saturated rings. The maximum absolute atomic E-state index is 14.2. The number of aliphatic hydroxyl groups is 1. The number of para-hydroxylation sites is 2. The van der Waals surface area contributed by atoms with Crippen LogP contribution in [0.3, 0.4) is 0 Å². The Bertz CT molecular complexity index is 1560. The van der Waals surface area contributed by atoms with Crippen molar-refractivity contribution in [3.63, 3.8) is 0 Å². The Morgan fingerprint density at radius 3 is 2.37 bits per heavy atom. The van der Waals surface area contributed by atoms with E-state index in [0.717, 1.165) is 0 Å². The summed E-state index contributed by atoms with van der Waals surface area (Å²) in [5.74, 6) is -1.16. The van der Waals surface area contributed by atoms with E-state index in [0.29, 0.717) is 28.7 Å². The Morgan fingerprint density at radius 2 is 1.60 bits per heavy atom. The Morgan fingerprint density at radius 1 is 0.914 bits per heavy atom. The lowest BCUT2D eigenvalue weighted by atomic mass is 9.83. The van der Waals surface area contributed by atoms with Crippen LogP contribution in [0.25, 0.3) is 11.0 Å². The maximum atomic E-state index is 14.2. The second kappa shape index (κ2) is 7.65. The molecule has 1 N–H and O–H groups in total. The van der Waals surface area contributed by atoms with E-state index in [1.54, 1.807) is 65.6 Å². The lowest BCUT2D eigenvalue weighted by molar-refractivity contribution is -0.126. The van der Waals surface area contributed by atoms with Crippen LogP contribution in [0.4, 0.5) is 5.69 Å². The molecule has 6 rings (SSSR count). The molecule has 7 heteroatoms. The average Bonchev–Trinajstić information content (AvgIpc) is 3.29. The molecule has 3 heterocycles. The zero-order chi connectivity index (χ0) is 24.3. The fourth-order valence-corrected chi connectivity index (χ4v) is 5.46. The van der Waals surface area contributed by atoms with E-state index in [4.69, 9.17) is 4.42 Å². The molecule has 1 aromatic heterocycles. The standard InChI is InChI=1S/C28H22N2O5/c1-2-29-20-14-8-7-13-19(20)28(27(29)34)23-24(32)18-12-6-9-15-22(18)35-25(23)26(33)30(28)16-21(31)17-10-4-3-5-11-17/h3-15,21,31H,2,16H2,1H3. The SMILES string of the molecule is CCN1C(=O)C2(c3ccccc31)c1c(oc3ccccc3c1=O)C(=O)N2CC(O)c1ccccc1. The summed E-state index contributed by atoms with van der Waals surface area (Å²) in [5, 5.41) is 11.4. The minimum absolute atomic E-state index is 0.00913. The molecule has 174 valence electrons. The zero-order valence-electron chi connectivity index (χ0n) is 19.0. The summed E-state index contributed by atoms with van der Waals surface area (Å²) in [6.45, 7) is 2.01. The van der Waals surface area contributed by atoms with Gasteiger partial charge in [-0.3, -0.25) is 14.4 Å². The van der Waals surface area contributed by atoms with Gasteiger partial charge in [0.15, 0.2) is 11.0 Å². The summed E-state index contributed by atoms with van der Waals surface area (Å²) in [7, 11) is 0. The summed E-state index contributed by atoms with van der Waals surface area (Å²) in [4.78, 5) is 44.9. The van der Waals surface area contributed by atoms with E-state index >= 15 is 0 Å². The molecule has 4 aromatic rings. The van der Waals surface area contributed by atoms with Crippen LogP contribution in [-0.4, -0.2) is 34.9 Å². The molecule has 2 aliphatic rings. The van der Waals surface area contributed by atoms with E-state index in [1.165, 1.54) is 4.90 Å². The first-order chi connectivity index (χ1) is 17.0. The molecule has 3 aromatic carbocycles. The normalized spacial score (nSPS) is 19.5. The molecule has 2 aliphatic heterocycles. The number of fused-ring (bicyclic) bond motifs is 5. The third kappa shape index (κ3) is 2.73. The lowest BCUT2D eigenvalue weighted by Crippen LogP contribution is -2.54. The molecular weight excluding hydrogens is 444 g/mol. The number of rotatable bonds is 4. The zero-order valence-corrected chi connectivity index (χ0v) is 19.0. The van der Waals surface area contributed by atoms with Gasteiger partial charge in [0.1, 0.15) is 5.58 Å². The Balaban J connectivity index is 1.66. The maximum Gasteiger partial charge on any atom is 0.291 e. The number of hydrogen-bond donors (Lipinski definition) is 1. The van der Waals surface area contributed by atoms with Gasteiger partial charge < -0.3 is 19.3 Å². The minimum Gasteiger partial charge on any atom is -0.450 e. The molecule has 0 aliphatic carbocycles. The van der Waals surface area contributed by atoms with Crippen molar-refractivity contribution in [2.45, 2.75) is 18.6 Å². The largest absolute Gasteiger partial charge is 0.450 e. The number of amides is 2. The van der Waals surface area contributed by atoms with Crippen molar-refractivity contribution in [1.82, 2.24) is 4.90 Å². The molecule has 7 nitrogen and oxygen atoms in total. The fourth-order valence-electron chi connectivity index (χ4n) is 5.46. The number of likely N-dealkylation sites (N-methyl/N-ethyl adjacent to an activating group) is 1. The fraction of sp³-hybridized carbons (Fsp3) is 0.179. The van der Waals surface area contributed by atoms with Crippen LogP contribution in [0.2, 0.25) is 0 Å². The van der Waals surface area contributed by atoms with Gasteiger partial charge in [-0.2, -0.15) is 0 Å². The molecule has 0 saturated carbocycles. The number of aliphatic hydroxyl groups excluding tert-OH is 1. The van der Waals surface area contributed by atoms with Gasteiger partial charge in [0, 0.05) is 12.1 Å². The molecule has 2 atom stereocenters. The second-order valence-electron chi connectivity index (χ2n) is 8.75. The van der Waals surface area contributed by atoms with Gasteiger partial charge in [0.05, 0.1) is 29.3 Å². The monoisotopic (exact) mass is 466 g/mol. The highest BCUT2D eigenvalue weighted by molar-refractivity contribution is 6.17. The quantitative estimate of drug-likeness (QED) is 0.496. The summed E-state index contributed by atoms with van der Waals surface area (Å²) >= 11 is 0. The van der Waals surface area contributed by atoms with Crippen LogP contribution in [0.5, 0.6) is 0 Å². The van der Waals surface area contributed by atoms with Crippen LogP contribution in [0.1, 0.15) is 40.3 Å². The first-order valence-corrected chi connectivity index (χ1v) is 11.5. The molecule has 2 amide bonds. The average molecular weight is 466 g/mol. The van der Waals surface area contributed by atoms with E-state index in [9.17, 15) is 19.5 Å². The molecule has 0 radical (unpaired) electrons.